The fourth-order valence-corrected chi connectivity index (χ4v) is 6.38. The number of thioether (sulfide) groups is 1. The molecule has 0 aliphatic carbocycles. The number of hydrogen-bond acceptors (Lipinski definition) is 7. The van der Waals surface area contributed by atoms with Crippen molar-refractivity contribution in [1.29, 1.82) is 0 Å². The van der Waals surface area contributed by atoms with Crippen LogP contribution in [0.1, 0.15) is 24.1 Å². The van der Waals surface area contributed by atoms with Crippen molar-refractivity contribution in [2.24, 2.45) is 10.9 Å². The molecule has 0 unspecified atom stereocenters. The van der Waals surface area contributed by atoms with E-state index < -0.39 is 41.2 Å². The number of nitrogens with zero attached hydrogens (tertiary/aromatic N) is 3. The molecule has 1 saturated heterocycles. The molecule has 252 valence electrons. The molecule has 2 N–H and O–H groups in total. The highest BCUT2D eigenvalue weighted by atomic mass is 35.5. The molecule has 10 nitrogen and oxygen atoms in total. The molecule has 13 heteroatoms. The Balaban J connectivity index is 1.43. The van der Waals surface area contributed by atoms with Gasteiger partial charge in [0.25, 0.3) is 11.8 Å². The summed E-state index contributed by atoms with van der Waals surface area (Å²) in [5.41, 5.74) is 1.89. The molecule has 0 bridgehead atoms. The minimum Gasteiger partial charge on any atom is -0.344 e. The number of rotatable bonds is 10. The molecule has 2 aliphatic heterocycles. The summed E-state index contributed by atoms with van der Waals surface area (Å²) in [7, 11) is 0. The number of amidine groups is 1. The van der Waals surface area contributed by atoms with Crippen LogP contribution in [0.15, 0.2) is 138 Å². The van der Waals surface area contributed by atoms with Gasteiger partial charge in [0.05, 0.1) is 17.5 Å². The lowest BCUT2D eigenvalue weighted by molar-refractivity contribution is -0.131. The Hall–Kier alpha value is -5.43. The third-order valence-corrected chi connectivity index (χ3v) is 9.01. The van der Waals surface area contributed by atoms with Gasteiger partial charge in [0.15, 0.2) is 10.3 Å². The Morgan fingerprint density at radius 2 is 1.64 bits per heavy atom. The third-order valence-electron chi connectivity index (χ3n) is 7.53. The monoisotopic (exact) mass is 723 g/mol. The molecule has 5 rings (SSSR count). The van der Waals surface area contributed by atoms with Crippen molar-refractivity contribution in [3.05, 3.63) is 149 Å². The van der Waals surface area contributed by atoms with Crippen LogP contribution in [0.4, 0.5) is 5.69 Å². The molecular formula is C37H30ClN5O5S2. The van der Waals surface area contributed by atoms with Crippen LogP contribution in [-0.4, -0.2) is 50.5 Å². The lowest BCUT2D eigenvalue weighted by atomic mass is 9.99. The summed E-state index contributed by atoms with van der Waals surface area (Å²) in [5, 5.41) is 5.70. The summed E-state index contributed by atoms with van der Waals surface area (Å²) in [6.45, 7) is 5.35. The van der Waals surface area contributed by atoms with E-state index in [1.54, 1.807) is 49.4 Å². The van der Waals surface area contributed by atoms with Crippen LogP contribution >= 0.6 is 35.6 Å². The van der Waals surface area contributed by atoms with E-state index in [0.29, 0.717) is 16.4 Å². The summed E-state index contributed by atoms with van der Waals surface area (Å²) >= 11 is 12.1. The predicted molar refractivity (Wildman–Crippen MR) is 199 cm³/mol. The van der Waals surface area contributed by atoms with E-state index >= 15 is 0 Å². The van der Waals surface area contributed by atoms with Crippen molar-refractivity contribution < 1.29 is 24.0 Å². The molecule has 50 heavy (non-hydrogen) atoms. The smallest absolute Gasteiger partial charge is 0.284 e. The van der Waals surface area contributed by atoms with E-state index in [9.17, 15) is 24.0 Å². The van der Waals surface area contributed by atoms with E-state index in [1.807, 2.05) is 60.7 Å². The van der Waals surface area contributed by atoms with E-state index in [1.165, 1.54) is 6.08 Å². The van der Waals surface area contributed by atoms with Crippen LogP contribution in [0.5, 0.6) is 0 Å². The van der Waals surface area contributed by atoms with Crippen LogP contribution < -0.4 is 15.5 Å². The van der Waals surface area contributed by atoms with Gasteiger partial charge in [-0.05, 0) is 66.7 Å². The van der Waals surface area contributed by atoms with Crippen molar-refractivity contribution in [2.45, 2.75) is 13.0 Å². The van der Waals surface area contributed by atoms with Gasteiger partial charge in [0.2, 0.25) is 17.7 Å². The number of halogens is 1. The molecule has 2 aliphatic rings. The highest BCUT2D eigenvalue weighted by Crippen LogP contribution is 2.29. The van der Waals surface area contributed by atoms with Gasteiger partial charge >= 0.3 is 0 Å². The molecule has 3 aromatic rings. The molecule has 5 amide bonds. The van der Waals surface area contributed by atoms with Crippen molar-refractivity contribution in [3.63, 3.8) is 0 Å². The van der Waals surface area contributed by atoms with Gasteiger partial charge in [0.1, 0.15) is 11.5 Å². The molecule has 2 heterocycles. The number of hydrogen-bond donors (Lipinski definition) is 2. The first kappa shape index (κ1) is 35.9. The lowest BCUT2D eigenvalue weighted by Crippen LogP contribution is -2.58. The number of nitrogens with one attached hydrogen (secondary N) is 2. The number of allylic oxidation sites excluding steroid dienone is 4. The highest BCUT2D eigenvalue weighted by molar-refractivity contribution is 8.14. The minimum absolute atomic E-state index is 0.0616. The Morgan fingerprint density at radius 3 is 2.22 bits per heavy atom. The van der Waals surface area contributed by atoms with E-state index in [-0.39, 0.29) is 21.9 Å². The molecule has 1 atom stereocenters. The Bertz CT molecular complexity index is 1940. The Morgan fingerprint density at radius 1 is 1.02 bits per heavy atom. The van der Waals surface area contributed by atoms with E-state index in [4.69, 9.17) is 23.8 Å². The fraction of sp³-hybridized carbons (Fsp3) is 0.108. The number of benzene rings is 3. The zero-order valence-corrected chi connectivity index (χ0v) is 29.0. The van der Waals surface area contributed by atoms with Crippen molar-refractivity contribution in [1.82, 2.24) is 15.5 Å². The summed E-state index contributed by atoms with van der Waals surface area (Å²) in [6, 6.07) is 24.7. The number of carbonyl (C=O) groups excluding carboxylic acids is 5. The van der Waals surface area contributed by atoms with Crippen LogP contribution in [0.25, 0.3) is 0 Å². The molecule has 0 radical (unpaired) electrons. The molecule has 1 fully saturated rings. The zero-order valence-electron chi connectivity index (χ0n) is 26.6. The van der Waals surface area contributed by atoms with E-state index in [0.717, 1.165) is 38.8 Å². The normalized spacial score (nSPS) is 17.8. The first-order valence-electron chi connectivity index (χ1n) is 15.2. The van der Waals surface area contributed by atoms with Crippen molar-refractivity contribution in [2.75, 3.05) is 10.7 Å². The maximum atomic E-state index is 14.1. The molecule has 3 aromatic carbocycles. The van der Waals surface area contributed by atoms with Gasteiger partial charge in [0, 0.05) is 10.7 Å². The second kappa shape index (κ2) is 16.3. The van der Waals surface area contributed by atoms with Gasteiger partial charge < -0.3 is 10.6 Å². The number of amides is 5. The van der Waals surface area contributed by atoms with Crippen LogP contribution in [0.2, 0.25) is 5.02 Å². The molecule has 0 aromatic heterocycles. The molecular weight excluding hydrogens is 694 g/mol. The van der Waals surface area contributed by atoms with Gasteiger partial charge in [-0.25, -0.2) is 0 Å². The quantitative estimate of drug-likeness (QED) is 0.0912. The highest BCUT2D eigenvalue weighted by Gasteiger charge is 2.42. The summed E-state index contributed by atoms with van der Waals surface area (Å²) in [6.07, 6.45) is 7.27. The number of carbonyl (C=O) groups is 5. The molecule has 0 spiro atoms. The summed E-state index contributed by atoms with van der Waals surface area (Å²) in [5.74, 6) is -5.54. The van der Waals surface area contributed by atoms with Gasteiger partial charge in [-0.2, -0.15) is 4.99 Å². The number of thiocarbonyl (C=S) groups is 1. The average molecular weight is 724 g/mol. The lowest BCUT2D eigenvalue weighted by Gasteiger charge is -2.32. The zero-order chi connectivity index (χ0) is 35.8. The SMILES string of the molecule is C=C/C=C\C(=C/C)N1C(=O)/C(=C/[C@@H]2C(=O)NC(=S)N(c3ccc(Cl)cc3)C2=O)C(=O)N=C1SCC(=O)NC(c1ccccc1)c1ccccc1. The predicted octanol–water partition coefficient (Wildman–Crippen LogP) is 5.64. The third kappa shape index (κ3) is 8.05. The number of anilines is 1. The minimum atomic E-state index is -1.58. The Kier molecular flexibility index (Phi) is 11.7. The Labute approximate surface area is 303 Å². The maximum Gasteiger partial charge on any atom is 0.284 e. The second-order valence-electron chi connectivity index (χ2n) is 10.8. The fourth-order valence-electron chi connectivity index (χ4n) is 5.15. The van der Waals surface area contributed by atoms with Crippen LogP contribution in [-0.2, 0) is 24.0 Å². The van der Waals surface area contributed by atoms with Gasteiger partial charge in [-0.1, -0.05) is 109 Å². The van der Waals surface area contributed by atoms with Crippen molar-refractivity contribution in [3.8, 4) is 0 Å². The van der Waals surface area contributed by atoms with Crippen molar-refractivity contribution >= 4 is 81.1 Å². The van der Waals surface area contributed by atoms with Crippen LogP contribution in [0.3, 0.4) is 0 Å². The average Bonchev–Trinajstić information content (AvgIpc) is 3.11. The standard InChI is InChI=1S/C37H30ClN5O5S2/c1-3-5-16-26(4-2)43-35(48)29(21-28-32(45)40-36(49)42(34(28)47)27-19-17-25(38)18-20-27)33(46)41-37(43)50-22-30(44)39-31(23-12-8-6-9-13-23)24-14-10-7-11-15-24/h3-21,28,31H,1,22H2,2H3,(H,39,44)(H,40,45,49)/b16-5-,26-4+,29-21+/t28-/m1/s1. The summed E-state index contributed by atoms with van der Waals surface area (Å²) in [4.78, 5) is 74.0. The first-order chi connectivity index (χ1) is 24.1. The molecule has 0 saturated carbocycles. The number of aliphatic imine (C=N–C) groups is 1. The summed E-state index contributed by atoms with van der Waals surface area (Å²) < 4.78 is 0. The topological polar surface area (TPSA) is 128 Å². The van der Waals surface area contributed by atoms with Gasteiger partial charge in [-0.15, -0.1) is 0 Å². The first-order valence-corrected chi connectivity index (χ1v) is 17.0. The maximum absolute atomic E-state index is 14.1. The van der Waals surface area contributed by atoms with Crippen LogP contribution in [0, 0.1) is 5.92 Å². The van der Waals surface area contributed by atoms with E-state index in [2.05, 4.69) is 22.2 Å². The largest absolute Gasteiger partial charge is 0.344 e. The second-order valence-corrected chi connectivity index (χ2v) is 12.5. The van der Waals surface area contributed by atoms with Gasteiger partial charge in [-0.3, -0.25) is 33.8 Å².